The largest absolute Gasteiger partial charge is 0.346 e. The van der Waals surface area contributed by atoms with Gasteiger partial charge in [-0.05, 0) is 43.4 Å². The summed E-state index contributed by atoms with van der Waals surface area (Å²) in [5.41, 5.74) is 0.368. The lowest BCUT2D eigenvalue weighted by molar-refractivity contribution is -0.132. The fourth-order valence-corrected chi connectivity index (χ4v) is 4.04. The topological polar surface area (TPSA) is 60.1 Å². The molecule has 2 aromatic rings. The molecule has 2 aliphatic heterocycles. The van der Waals surface area contributed by atoms with Gasteiger partial charge in [0, 0.05) is 24.7 Å². The molecule has 1 aromatic carbocycles. The molecule has 2 aliphatic rings. The third kappa shape index (κ3) is 3.05. The van der Waals surface area contributed by atoms with E-state index in [1.807, 2.05) is 4.90 Å². The van der Waals surface area contributed by atoms with Crippen LogP contribution in [-0.4, -0.2) is 38.2 Å². The minimum Gasteiger partial charge on any atom is -0.342 e. The standard InChI is InChI=1S/C18H20ClFN4O2/c19-15-10-13(20)6-5-12(15)11-24-18(26)23-9-3-4-14(16(23)21-24)17(25)22-7-1-2-8-22/h5-6,10,14H,1-4,7-9,11H2. The van der Waals surface area contributed by atoms with Crippen LogP contribution in [0.2, 0.25) is 5.02 Å². The number of fused-ring (bicyclic) bond motifs is 1. The summed E-state index contributed by atoms with van der Waals surface area (Å²) >= 11 is 6.07. The first-order valence-corrected chi connectivity index (χ1v) is 9.32. The molecule has 3 heterocycles. The minimum absolute atomic E-state index is 0.0698. The van der Waals surface area contributed by atoms with Crippen molar-refractivity contribution in [2.75, 3.05) is 13.1 Å². The quantitative estimate of drug-likeness (QED) is 0.824. The minimum atomic E-state index is -0.425. The number of rotatable bonds is 3. The van der Waals surface area contributed by atoms with E-state index in [1.165, 1.54) is 16.8 Å². The number of amides is 1. The van der Waals surface area contributed by atoms with E-state index in [4.69, 9.17) is 11.6 Å². The molecule has 1 atom stereocenters. The Hall–Kier alpha value is -2.15. The molecule has 6 nitrogen and oxygen atoms in total. The van der Waals surface area contributed by atoms with Crippen molar-refractivity contribution in [3.63, 3.8) is 0 Å². The van der Waals surface area contributed by atoms with E-state index in [0.717, 1.165) is 32.4 Å². The SMILES string of the molecule is O=C(C1CCCn2c1nn(Cc1ccc(F)cc1Cl)c2=O)N1CCCC1. The van der Waals surface area contributed by atoms with Gasteiger partial charge in [-0.1, -0.05) is 17.7 Å². The first kappa shape index (κ1) is 17.3. The van der Waals surface area contributed by atoms with Crippen molar-refractivity contribution in [1.82, 2.24) is 19.2 Å². The van der Waals surface area contributed by atoms with Gasteiger partial charge in [0.25, 0.3) is 0 Å². The number of carbonyl (C=O) groups is 1. The van der Waals surface area contributed by atoms with Gasteiger partial charge in [0.1, 0.15) is 11.6 Å². The Balaban J connectivity index is 1.65. The van der Waals surface area contributed by atoms with Gasteiger partial charge in [-0.25, -0.2) is 13.9 Å². The highest BCUT2D eigenvalue weighted by Crippen LogP contribution is 2.28. The number of nitrogens with zero attached hydrogens (tertiary/aromatic N) is 4. The van der Waals surface area contributed by atoms with Crippen molar-refractivity contribution in [3.8, 4) is 0 Å². The maximum atomic E-state index is 13.2. The molecule has 4 rings (SSSR count). The van der Waals surface area contributed by atoms with Crippen LogP contribution >= 0.6 is 11.6 Å². The highest BCUT2D eigenvalue weighted by Gasteiger charge is 2.34. The molecule has 0 N–H and O–H groups in total. The van der Waals surface area contributed by atoms with Gasteiger partial charge in [-0.2, -0.15) is 5.10 Å². The number of hydrogen-bond acceptors (Lipinski definition) is 3. The van der Waals surface area contributed by atoms with Crippen LogP contribution in [0.15, 0.2) is 23.0 Å². The second-order valence-corrected chi connectivity index (χ2v) is 7.32. The van der Waals surface area contributed by atoms with E-state index in [0.29, 0.717) is 24.4 Å². The Labute approximate surface area is 155 Å². The van der Waals surface area contributed by atoms with Crippen LogP contribution in [0.1, 0.15) is 43.0 Å². The lowest BCUT2D eigenvalue weighted by atomic mass is 9.97. The van der Waals surface area contributed by atoms with Crippen molar-refractivity contribution in [2.24, 2.45) is 0 Å². The van der Waals surface area contributed by atoms with Crippen molar-refractivity contribution in [1.29, 1.82) is 0 Å². The van der Waals surface area contributed by atoms with Gasteiger partial charge in [0.05, 0.1) is 12.5 Å². The Morgan fingerprint density at radius 2 is 2.00 bits per heavy atom. The number of benzene rings is 1. The lowest BCUT2D eigenvalue weighted by Crippen LogP contribution is -2.37. The third-order valence-corrected chi connectivity index (χ3v) is 5.54. The molecule has 138 valence electrons. The van der Waals surface area contributed by atoms with Crippen LogP contribution in [0.5, 0.6) is 0 Å². The van der Waals surface area contributed by atoms with Crippen molar-refractivity contribution in [2.45, 2.75) is 44.7 Å². The van der Waals surface area contributed by atoms with E-state index in [9.17, 15) is 14.0 Å². The zero-order valence-corrected chi connectivity index (χ0v) is 15.1. The molecule has 8 heteroatoms. The van der Waals surface area contributed by atoms with Crippen molar-refractivity contribution < 1.29 is 9.18 Å². The lowest BCUT2D eigenvalue weighted by Gasteiger charge is -2.25. The maximum absolute atomic E-state index is 13.2. The average Bonchev–Trinajstić information content (AvgIpc) is 3.26. The van der Waals surface area contributed by atoms with Crippen molar-refractivity contribution >= 4 is 17.5 Å². The Bertz CT molecular complexity index is 901. The first-order valence-electron chi connectivity index (χ1n) is 8.95. The summed E-state index contributed by atoms with van der Waals surface area (Å²) in [4.78, 5) is 27.4. The predicted molar refractivity (Wildman–Crippen MR) is 94.8 cm³/mol. The second-order valence-electron chi connectivity index (χ2n) is 6.91. The van der Waals surface area contributed by atoms with Crippen LogP contribution in [0.3, 0.4) is 0 Å². The molecule has 1 amide bonds. The smallest absolute Gasteiger partial charge is 0.342 e. The van der Waals surface area contributed by atoms with Crippen LogP contribution in [-0.2, 0) is 17.9 Å². The molecule has 1 unspecified atom stereocenters. The average molecular weight is 379 g/mol. The van der Waals surface area contributed by atoms with Gasteiger partial charge in [-0.15, -0.1) is 0 Å². The van der Waals surface area contributed by atoms with Crippen LogP contribution in [0.4, 0.5) is 4.39 Å². The third-order valence-electron chi connectivity index (χ3n) is 5.19. The fraction of sp³-hybridized carbons (Fsp3) is 0.500. The monoisotopic (exact) mass is 378 g/mol. The zero-order chi connectivity index (χ0) is 18.3. The molecular formula is C18H20ClFN4O2. The molecular weight excluding hydrogens is 359 g/mol. The summed E-state index contributed by atoms with van der Waals surface area (Å²) in [5, 5.41) is 4.71. The normalized spacial score (nSPS) is 19.6. The van der Waals surface area contributed by atoms with Crippen LogP contribution < -0.4 is 5.69 Å². The van der Waals surface area contributed by atoms with Gasteiger partial charge >= 0.3 is 5.69 Å². The van der Waals surface area contributed by atoms with E-state index < -0.39 is 5.82 Å². The molecule has 1 fully saturated rings. The summed E-state index contributed by atoms with van der Waals surface area (Å²) in [6, 6.07) is 4.08. The molecule has 0 saturated carbocycles. The Kier molecular flexibility index (Phi) is 4.56. The van der Waals surface area contributed by atoms with E-state index in [-0.39, 0.29) is 29.1 Å². The molecule has 1 aromatic heterocycles. The van der Waals surface area contributed by atoms with Crippen molar-refractivity contribution in [3.05, 3.63) is 50.9 Å². The zero-order valence-electron chi connectivity index (χ0n) is 14.3. The van der Waals surface area contributed by atoms with Gasteiger partial charge < -0.3 is 4.90 Å². The summed E-state index contributed by atoms with van der Waals surface area (Å²) < 4.78 is 16.1. The highest BCUT2D eigenvalue weighted by molar-refractivity contribution is 6.31. The highest BCUT2D eigenvalue weighted by atomic mass is 35.5. The Morgan fingerprint density at radius 1 is 1.23 bits per heavy atom. The Morgan fingerprint density at radius 3 is 2.73 bits per heavy atom. The summed E-state index contributed by atoms with van der Waals surface area (Å²) in [6.45, 7) is 2.29. The van der Waals surface area contributed by atoms with Gasteiger partial charge in [0.15, 0.2) is 0 Å². The molecule has 0 aliphatic carbocycles. The first-order chi connectivity index (χ1) is 12.5. The maximum Gasteiger partial charge on any atom is 0.346 e. The number of aromatic nitrogens is 3. The van der Waals surface area contributed by atoms with Crippen LogP contribution in [0.25, 0.3) is 0 Å². The molecule has 26 heavy (non-hydrogen) atoms. The van der Waals surface area contributed by atoms with Gasteiger partial charge in [-0.3, -0.25) is 9.36 Å². The number of likely N-dealkylation sites (tertiary alicyclic amines) is 1. The molecule has 0 radical (unpaired) electrons. The van der Waals surface area contributed by atoms with Gasteiger partial charge in [0.2, 0.25) is 5.91 Å². The predicted octanol–water partition coefficient (Wildman–Crippen LogP) is 2.39. The number of hydrogen-bond donors (Lipinski definition) is 0. The summed E-state index contributed by atoms with van der Waals surface area (Å²) in [5.74, 6) is -0.178. The molecule has 1 saturated heterocycles. The summed E-state index contributed by atoms with van der Waals surface area (Å²) in [7, 11) is 0. The van der Waals surface area contributed by atoms with E-state index >= 15 is 0 Å². The fourth-order valence-electron chi connectivity index (χ4n) is 3.81. The molecule has 0 bridgehead atoms. The van der Waals surface area contributed by atoms with E-state index in [1.54, 1.807) is 10.6 Å². The van der Waals surface area contributed by atoms with E-state index in [2.05, 4.69) is 5.10 Å². The number of carbonyl (C=O) groups excluding carboxylic acids is 1. The second kappa shape index (κ2) is 6.87. The summed E-state index contributed by atoms with van der Waals surface area (Å²) in [6.07, 6.45) is 3.55. The van der Waals surface area contributed by atoms with Crippen LogP contribution in [0, 0.1) is 5.82 Å². The number of halogens is 2. The molecule has 0 spiro atoms.